The topological polar surface area (TPSA) is 52.3 Å². The molecule has 2 aromatic heterocycles. The van der Waals surface area contributed by atoms with E-state index in [4.69, 9.17) is 9.84 Å². The van der Waals surface area contributed by atoms with Crippen LogP contribution in [0.3, 0.4) is 0 Å². The number of hydrogen-bond donors (Lipinski definition) is 0. The molecule has 3 aromatic rings. The van der Waals surface area contributed by atoms with Gasteiger partial charge in [0.1, 0.15) is 12.4 Å². The monoisotopic (exact) mass is 364 g/mol. The minimum atomic E-state index is 0.00559. The summed E-state index contributed by atoms with van der Waals surface area (Å²) in [6.07, 6.45) is 4.03. The van der Waals surface area contributed by atoms with Crippen LogP contribution in [-0.4, -0.2) is 38.4 Å². The molecular formula is C21H24N4O2. The molecule has 3 heterocycles. The van der Waals surface area contributed by atoms with Crippen LogP contribution < -0.4 is 0 Å². The maximum absolute atomic E-state index is 12.4. The number of hydrogen-bond acceptors (Lipinski definition) is 3. The lowest BCUT2D eigenvalue weighted by atomic mass is 10.1. The van der Waals surface area contributed by atoms with E-state index < -0.39 is 0 Å². The van der Waals surface area contributed by atoms with E-state index in [9.17, 15) is 4.79 Å². The van der Waals surface area contributed by atoms with Gasteiger partial charge in [0.25, 0.3) is 0 Å². The summed E-state index contributed by atoms with van der Waals surface area (Å²) >= 11 is 0. The molecule has 0 bridgehead atoms. The first-order valence-corrected chi connectivity index (χ1v) is 9.25. The first-order valence-electron chi connectivity index (χ1n) is 9.25. The average Bonchev–Trinajstić information content (AvgIpc) is 3.37. The summed E-state index contributed by atoms with van der Waals surface area (Å²) in [6, 6.07) is 10.4. The summed E-state index contributed by atoms with van der Waals surface area (Å²) in [4.78, 5) is 14.2. The molecule has 140 valence electrons. The second-order valence-corrected chi connectivity index (χ2v) is 6.91. The summed E-state index contributed by atoms with van der Waals surface area (Å²) in [6.45, 7) is 7.85. The van der Waals surface area contributed by atoms with Crippen molar-refractivity contribution in [2.24, 2.45) is 0 Å². The average molecular weight is 364 g/mol. The zero-order chi connectivity index (χ0) is 19.0. The quantitative estimate of drug-likeness (QED) is 0.699. The second kappa shape index (κ2) is 7.04. The standard InChI is InChI=1S/C21H24N4O2/c1-4-27-14-20(26)24-12-18-19(13-24)22-25(21(18)23-9-5-6-10-23)17-8-7-15(2)16(3)11-17/h5-11H,4,12-14H2,1-3H3. The lowest BCUT2D eigenvalue weighted by Gasteiger charge is -2.17. The predicted molar refractivity (Wildman–Crippen MR) is 103 cm³/mol. The van der Waals surface area contributed by atoms with Gasteiger partial charge in [0.05, 0.1) is 24.5 Å². The molecule has 27 heavy (non-hydrogen) atoms. The number of carbonyl (C=O) groups is 1. The van der Waals surface area contributed by atoms with Crippen LogP contribution in [0.15, 0.2) is 42.7 Å². The van der Waals surface area contributed by atoms with Gasteiger partial charge in [0, 0.05) is 24.6 Å². The number of carbonyl (C=O) groups excluding carboxylic acids is 1. The number of nitrogens with zero attached hydrogens (tertiary/aromatic N) is 4. The van der Waals surface area contributed by atoms with E-state index >= 15 is 0 Å². The van der Waals surface area contributed by atoms with Gasteiger partial charge in [-0.1, -0.05) is 6.07 Å². The Labute approximate surface area is 159 Å². The fourth-order valence-electron chi connectivity index (χ4n) is 3.44. The van der Waals surface area contributed by atoms with E-state index in [1.54, 1.807) is 0 Å². The summed E-state index contributed by atoms with van der Waals surface area (Å²) in [5, 5.41) is 4.86. The molecule has 0 spiro atoms. The van der Waals surface area contributed by atoms with Gasteiger partial charge in [0.2, 0.25) is 5.91 Å². The van der Waals surface area contributed by atoms with E-state index in [2.05, 4.69) is 36.6 Å². The third-order valence-electron chi connectivity index (χ3n) is 5.10. The lowest BCUT2D eigenvalue weighted by Crippen LogP contribution is -2.30. The maximum Gasteiger partial charge on any atom is 0.249 e. The van der Waals surface area contributed by atoms with Crippen LogP contribution >= 0.6 is 0 Å². The number of fused-ring (bicyclic) bond motifs is 1. The molecule has 1 amide bonds. The van der Waals surface area contributed by atoms with Crippen molar-refractivity contribution in [2.45, 2.75) is 33.9 Å². The highest BCUT2D eigenvalue weighted by atomic mass is 16.5. The molecule has 0 aliphatic carbocycles. The Hall–Kier alpha value is -2.86. The molecule has 0 N–H and O–H groups in total. The number of aryl methyl sites for hydroxylation is 2. The second-order valence-electron chi connectivity index (χ2n) is 6.91. The molecule has 6 heteroatoms. The van der Waals surface area contributed by atoms with Crippen molar-refractivity contribution < 1.29 is 9.53 Å². The van der Waals surface area contributed by atoms with Crippen molar-refractivity contribution in [1.82, 2.24) is 19.2 Å². The highest BCUT2D eigenvalue weighted by Crippen LogP contribution is 2.31. The highest BCUT2D eigenvalue weighted by molar-refractivity contribution is 5.78. The highest BCUT2D eigenvalue weighted by Gasteiger charge is 2.31. The third kappa shape index (κ3) is 3.17. The van der Waals surface area contributed by atoms with E-state index in [0.717, 1.165) is 22.8 Å². The van der Waals surface area contributed by atoms with Crippen LogP contribution in [0.4, 0.5) is 0 Å². The summed E-state index contributed by atoms with van der Waals surface area (Å²) < 4.78 is 9.34. The summed E-state index contributed by atoms with van der Waals surface area (Å²) in [7, 11) is 0. The zero-order valence-corrected chi connectivity index (χ0v) is 16.0. The minimum Gasteiger partial charge on any atom is -0.372 e. The van der Waals surface area contributed by atoms with Gasteiger partial charge in [0.15, 0.2) is 0 Å². The molecule has 0 saturated heterocycles. The molecule has 0 fully saturated rings. The molecule has 1 aromatic carbocycles. The van der Waals surface area contributed by atoms with E-state index in [1.165, 1.54) is 11.1 Å². The summed E-state index contributed by atoms with van der Waals surface area (Å²) in [5.41, 5.74) is 5.56. The normalized spacial score (nSPS) is 13.2. The number of rotatable bonds is 5. The van der Waals surface area contributed by atoms with Crippen molar-refractivity contribution in [3.8, 4) is 11.5 Å². The fraction of sp³-hybridized carbons (Fsp3) is 0.333. The largest absolute Gasteiger partial charge is 0.372 e. The molecule has 0 unspecified atom stereocenters. The van der Waals surface area contributed by atoms with Gasteiger partial charge in [-0.3, -0.25) is 4.79 Å². The maximum atomic E-state index is 12.4. The molecule has 0 saturated carbocycles. The van der Waals surface area contributed by atoms with Crippen molar-refractivity contribution in [1.29, 1.82) is 0 Å². The van der Waals surface area contributed by atoms with Gasteiger partial charge in [-0.15, -0.1) is 0 Å². The SMILES string of the molecule is CCOCC(=O)N1Cc2nn(-c3ccc(C)c(C)c3)c(-n3cccc3)c2C1. The van der Waals surface area contributed by atoms with Gasteiger partial charge < -0.3 is 14.2 Å². The zero-order valence-electron chi connectivity index (χ0n) is 16.0. The third-order valence-corrected chi connectivity index (χ3v) is 5.10. The Morgan fingerprint density at radius 2 is 1.93 bits per heavy atom. The molecule has 0 atom stereocenters. The Bertz CT molecular complexity index is 972. The molecule has 4 rings (SSSR count). The fourth-order valence-corrected chi connectivity index (χ4v) is 3.44. The van der Waals surface area contributed by atoms with Crippen molar-refractivity contribution in [3.05, 3.63) is 65.1 Å². The predicted octanol–water partition coefficient (Wildman–Crippen LogP) is 3.16. The molecular weight excluding hydrogens is 340 g/mol. The van der Waals surface area contributed by atoms with Crippen molar-refractivity contribution in [3.63, 3.8) is 0 Å². The van der Waals surface area contributed by atoms with Crippen molar-refractivity contribution >= 4 is 5.91 Å². The Morgan fingerprint density at radius 1 is 1.15 bits per heavy atom. The number of benzene rings is 1. The first-order chi connectivity index (χ1) is 13.1. The lowest BCUT2D eigenvalue weighted by molar-refractivity contribution is -0.136. The number of ether oxygens (including phenoxy) is 1. The molecule has 6 nitrogen and oxygen atoms in total. The van der Waals surface area contributed by atoms with Crippen LogP contribution in [-0.2, 0) is 22.6 Å². The Morgan fingerprint density at radius 3 is 2.63 bits per heavy atom. The number of aromatic nitrogens is 3. The Kier molecular flexibility index (Phi) is 4.58. The van der Waals surface area contributed by atoms with E-state index in [0.29, 0.717) is 19.7 Å². The molecule has 0 radical (unpaired) electrons. The van der Waals surface area contributed by atoms with Crippen LogP contribution in [0.1, 0.15) is 29.3 Å². The Balaban J connectivity index is 1.74. The smallest absolute Gasteiger partial charge is 0.249 e. The molecule has 1 aliphatic rings. The summed E-state index contributed by atoms with van der Waals surface area (Å²) in [5.74, 6) is 0.996. The van der Waals surface area contributed by atoms with Crippen LogP contribution in [0.25, 0.3) is 11.5 Å². The van der Waals surface area contributed by atoms with Gasteiger partial charge >= 0.3 is 0 Å². The van der Waals surface area contributed by atoms with Crippen LogP contribution in [0.5, 0.6) is 0 Å². The van der Waals surface area contributed by atoms with Gasteiger partial charge in [-0.05, 0) is 56.2 Å². The van der Waals surface area contributed by atoms with Crippen molar-refractivity contribution in [2.75, 3.05) is 13.2 Å². The molecule has 1 aliphatic heterocycles. The number of amides is 1. The minimum absolute atomic E-state index is 0.00559. The first kappa shape index (κ1) is 17.5. The van der Waals surface area contributed by atoms with E-state index in [-0.39, 0.29) is 12.5 Å². The van der Waals surface area contributed by atoms with Crippen LogP contribution in [0.2, 0.25) is 0 Å². The van der Waals surface area contributed by atoms with Crippen LogP contribution in [0, 0.1) is 13.8 Å². The van der Waals surface area contributed by atoms with E-state index in [1.807, 2.05) is 41.0 Å². The van der Waals surface area contributed by atoms with Gasteiger partial charge in [-0.25, -0.2) is 4.68 Å². The van der Waals surface area contributed by atoms with Gasteiger partial charge in [-0.2, -0.15) is 5.10 Å².